The van der Waals surface area contributed by atoms with Crippen molar-refractivity contribution in [3.63, 3.8) is 0 Å². The van der Waals surface area contributed by atoms with E-state index in [1.165, 1.54) is 12.1 Å². The van der Waals surface area contributed by atoms with Crippen molar-refractivity contribution in [2.24, 2.45) is 0 Å². The van der Waals surface area contributed by atoms with E-state index in [4.69, 9.17) is 5.11 Å². The normalized spacial score (nSPS) is 10.4. The molecule has 0 heterocycles. The fourth-order valence-corrected chi connectivity index (χ4v) is 1.57. The molecule has 0 bridgehead atoms. The molecule has 0 amide bonds. The fourth-order valence-electron chi connectivity index (χ4n) is 1.05. The van der Waals surface area contributed by atoms with Gasteiger partial charge in [0.25, 0.3) is 0 Å². The van der Waals surface area contributed by atoms with Crippen molar-refractivity contribution >= 4 is 14.0 Å². The number of rotatable bonds is 1. The summed E-state index contributed by atoms with van der Waals surface area (Å²) >= 11 is 0. The molecule has 1 rings (SSSR count). The van der Waals surface area contributed by atoms with Crippen LogP contribution >= 0.6 is 0 Å². The van der Waals surface area contributed by atoms with Gasteiger partial charge in [0.15, 0.2) is 0 Å². The van der Waals surface area contributed by atoms with Crippen LogP contribution in [0.15, 0.2) is 18.2 Å². The van der Waals surface area contributed by atoms with Crippen molar-refractivity contribution in [3.05, 3.63) is 29.3 Å². The maximum atomic E-state index is 10.7. The zero-order valence-electron chi connectivity index (χ0n) is 9.53. The molecule has 2 N–H and O–H groups in total. The highest BCUT2D eigenvalue weighted by molar-refractivity contribution is 6.83. The van der Waals surface area contributed by atoms with Crippen LogP contribution in [0.1, 0.15) is 15.9 Å². The van der Waals surface area contributed by atoms with E-state index in [1.54, 1.807) is 6.07 Å². The topological polar surface area (TPSA) is 57.5 Å². The van der Waals surface area contributed by atoms with E-state index < -0.39 is 14.0 Å². The molecule has 1 aromatic carbocycles. The van der Waals surface area contributed by atoms with Crippen LogP contribution < -0.4 is 0 Å². The van der Waals surface area contributed by atoms with Gasteiger partial charge in [-0.3, -0.25) is 0 Å². The molecule has 0 saturated heterocycles. The number of aromatic hydroxyl groups is 1. The summed E-state index contributed by atoms with van der Waals surface area (Å²) in [5, 5.41) is 18.2. The molecule has 0 radical (unpaired) electrons. The number of phenols is 1. The quantitative estimate of drug-likeness (QED) is 0.579. The summed E-state index contributed by atoms with van der Waals surface area (Å²) in [5.41, 5.74) is 3.69. The van der Waals surface area contributed by atoms with Crippen LogP contribution in [0.5, 0.6) is 5.75 Å². The van der Waals surface area contributed by atoms with Gasteiger partial charge in [0.2, 0.25) is 0 Å². The summed E-state index contributed by atoms with van der Waals surface area (Å²) in [5.74, 6) is 1.57. The lowest BCUT2D eigenvalue weighted by atomic mass is 10.1. The Morgan fingerprint density at radius 3 is 2.38 bits per heavy atom. The lowest BCUT2D eigenvalue weighted by molar-refractivity contribution is 0.0694. The SMILES string of the molecule is C[Si](C)(C)C#Cc1ccc(C(=O)O)c(O)c1. The molecule has 0 aliphatic rings. The third-order valence-corrected chi connectivity index (χ3v) is 2.68. The second kappa shape index (κ2) is 4.41. The average molecular weight is 234 g/mol. The highest BCUT2D eigenvalue weighted by atomic mass is 28.3. The van der Waals surface area contributed by atoms with Gasteiger partial charge in [0.1, 0.15) is 19.4 Å². The standard InChI is InChI=1S/C12H14O3Si/c1-16(2,3)7-6-9-4-5-10(12(14)15)11(13)8-9/h4-5,8,13H,1-3H3,(H,14,15). The van der Waals surface area contributed by atoms with E-state index in [0.717, 1.165) is 0 Å². The molecule has 0 aliphatic heterocycles. The first-order valence-corrected chi connectivity index (χ1v) is 8.39. The summed E-state index contributed by atoms with van der Waals surface area (Å²) < 4.78 is 0. The number of carbonyl (C=O) groups is 1. The van der Waals surface area contributed by atoms with Crippen molar-refractivity contribution in [2.75, 3.05) is 0 Å². The maximum Gasteiger partial charge on any atom is 0.339 e. The number of hydrogen-bond donors (Lipinski definition) is 2. The molecule has 4 heteroatoms. The molecule has 0 aliphatic carbocycles. The summed E-state index contributed by atoms with van der Waals surface area (Å²) in [6, 6.07) is 4.36. The fraction of sp³-hybridized carbons (Fsp3) is 0.250. The third kappa shape index (κ3) is 3.44. The minimum absolute atomic E-state index is 0.0986. The number of carboxylic acid groups (broad SMARTS) is 1. The van der Waals surface area contributed by atoms with Gasteiger partial charge in [-0.05, 0) is 18.2 Å². The summed E-state index contributed by atoms with van der Waals surface area (Å²) in [4.78, 5) is 10.7. The Morgan fingerprint density at radius 1 is 1.31 bits per heavy atom. The number of hydrogen-bond acceptors (Lipinski definition) is 2. The van der Waals surface area contributed by atoms with Crippen LogP contribution in [0.3, 0.4) is 0 Å². The number of benzene rings is 1. The van der Waals surface area contributed by atoms with E-state index in [0.29, 0.717) is 5.56 Å². The second-order valence-electron chi connectivity index (χ2n) is 4.54. The van der Waals surface area contributed by atoms with Gasteiger partial charge in [-0.1, -0.05) is 25.6 Å². The highest BCUT2D eigenvalue weighted by Gasteiger charge is 2.10. The maximum absolute atomic E-state index is 10.7. The van der Waals surface area contributed by atoms with Gasteiger partial charge < -0.3 is 10.2 Å². The first-order chi connectivity index (χ1) is 7.29. The Morgan fingerprint density at radius 2 is 1.94 bits per heavy atom. The van der Waals surface area contributed by atoms with Crippen molar-refractivity contribution in [2.45, 2.75) is 19.6 Å². The molecule has 1 aromatic rings. The molecule has 0 fully saturated rings. The molecule has 0 saturated carbocycles. The van der Waals surface area contributed by atoms with Crippen LogP contribution in [0, 0.1) is 11.5 Å². The van der Waals surface area contributed by atoms with E-state index >= 15 is 0 Å². The van der Waals surface area contributed by atoms with Crippen LogP contribution in [0.2, 0.25) is 19.6 Å². The van der Waals surface area contributed by atoms with Gasteiger partial charge in [-0.15, -0.1) is 5.54 Å². The summed E-state index contributed by atoms with van der Waals surface area (Å²) in [7, 11) is -1.45. The highest BCUT2D eigenvalue weighted by Crippen LogP contribution is 2.18. The lowest BCUT2D eigenvalue weighted by Gasteiger charge is -2.04. The zero-order chi connectivity index (χ0) is 12.3. The molecule has 3 nitrogen and oxygen atoms in total. The lowest BCUT2D eigenvalue weighted by Crippen LogP contribution is -2.16. The molecular weight excluding hydrogens is 220 g/mol. The van der Waals surface area contributed by atoms with E-state index in [2.05, 4.69) is 31.1 Å². The van der Waals surface area contributed by atoms with E-state index in [9.17, 15) is 9.90 Å². The molecule has 16 heavy (non-hydrogen) atoms. The minimum atomic E-state index is -1.45. The first-order valence-electron chi connectivity index (χ1n) is 4.89. The predicted molar refractivity (Wildman–Crippen MR) is 65.3 cm³/mol. The number of carboxylic acids is 1. The largest absolute Gasteiger partial charge is 0.507 e. The van der Waals surface area contributed by atoms with Gasteiger partial charge in [-0.2, -0.15) is 0 Å². The molecule has 0 aromatic heterocycles. The Balaban J connectivity index is 3.06. The van der Waals surface area contributed by atoms with Crippen LogP contribution in [0.25, 0.3) is 0 Å². The van der Waals surface area contributed by atoms with Gasteiger partial charge in [0, 0.05) is 5.56 Å². The smallest absolute Gasteiger partial charge is 0.339 e. The van der Waals surface area contributed by atoms with Gasteiger partial charge in [-0.25, -0.2) is 4.79 Å². The first kappa shape index (κ1) is 12.3. The summed E-state index contributed by atoms with van der Waals surface area (Å²) in [6.45, 7) is 6.35. The van der Waals surface area contributed by atoms with Gasteiger partial charge in [0.05, 0.1) is 0 Å². The predicted octanol–water partition coefficient (Wildman–Crippen LogP) is 2.32. The van der Waals surface area contributed by atoms with Crippen LogP contribution in [0.4, 0.5) is 0 Å². The molecule has 0 atom stereocenters. The molecule has 0 spiro atoms. The van der Waals surface area contributed by atoms with E-state index in [-0.39, 0.29) is 11.3 Å². The van der Waals surface area contributed by atoms with Crippen molar-refractivity contribution in [1.82, 2.24) is 0 Å². The third-order valence-electron chi connectivity index (χ3n) is 1.81. The van der Waals surface area contributed by atoms with Crippen LogP contribution in [-0.4, -0.2) is 24.3 Å². The van der Waals surface area contributed by atoms with E-state index in [1.807, 2.05) is 0 Å². The Kier molecular flexibility index (Phi) is 3.40. The zero-order valence-corrected chi connectivity index (χ0v) is 10.5. The van der Waals surface area contributed by atoms with Crippen LogP contribution in [-0.2, 0) is 0 Å². The van der Waals surface area contributed by atoms with Crippen molar-refractivity contribution in [1.29, 1.82) is 0 Å². The van der Waals surface area contributed by atoms with Crippen molar-refractivity contribution < 1.29 is 15.0 Å². The molecule has 84 valence electrons. The number of aromatic carboxylic acids is 1. The van der Waals surface area contributed by atoms with Crippen molar-refractivity contribution in [3.8, 4) is 17.2 Å². The average Bonchev–Trinajstić information content (AvgIpc) is 2.13. The Bertz CT molecular complexity index is 475. The minimum Gasteiger partial charge on any atom is -0.507 e. The Hall–Kier alpha value is -1.73. The monoisotopic (exact) mass is 234 g/mol. The second-order valence-corrected chi connectivity index (χ2v) is 9.29. The Labute approximate surface area is 95.8 Å². The summed E-state index contributed by atoms with van der Waals surface area (Å²) in [6.07, 6.45) is 0. The molecular formula is C12H14O3Si. The van der Waals surface area contributed by atoms with Gasteiger partial charge >= 0.3 is 5.97 Å². The molecule has 0 unspecified atom stereocenters.